The predicted octanol–water partition coefficient (Wildman–Crippen LogP) is 0.727. The van der Waals surface area contributed by atoms with E-state index in [4.69, 9.17) is 5.26 Å². The summed E-state index contributed by atoms with van der Waals surface area (Å²) in [6, 6.07) is 8.31. The Bertz CT molecular complexity index is 567. The summed E-state index contributed by atoms with van der Waals surface area (Å²) >= 11 is 1.44. The quantitative estimate of drug-likeness (QED) is 0.696. The summed E-state index contributed by atoms with van der Waals surface area (Å²) in [7, 11) is 0. The van der Waals surface area contributed by atoms with Crippen LogP contribution < -0.4 is 10.6 Å². The fourth-order valence-corrected chi connectivity index (χ4v) is 2.31. The van der Waals surface area contributed by atoms with Gasteiger partial charge in [-0.05, 0) is 25.3 Å². The zero-order valence-electron chi connectivity index (χ0n) is 11.8. The number of amides is 2. The Kier molecular flexibility index (Phi) is 6.21. The molecule has 0 heterocycles. The molecule has 1 atom stereocenters. The van der Waals surface area contributed by atoms with Crippen LogP contribution >= 0.6 is 11.8 Å². The van der Waals surface area contributed by atoms with Gasteiger partial charge in [0.15, 0.2) is 0 Å². The minimum absolute atomic E-state index is 0.0278. The second-order valence-electron chi connectivity index (χ2n) is 4.72. The number of rotatable bonds is 5. The van der Waals surface area contributed by atoms with Crippen LogP contribution in [0.25, 0.3) is 0 Å². The van der Waals surface area contributed by atoms with Crippen LogP contribution in [0.15, 0.2) is 24.3 Å². The zero-order chi connectivity index (χ0) is 15.9. The molecule has 0 saturated carbocycles. The molecule has 0 fully saturated rings. The second-order valence-corrected chi connectivity index (χ2v) is 5.59. The van der Waals surface area contributed by atoms with Crippen LogP contribution in [0.2, 0.25) is 0 Å². The number of aliphatic hydroxyl groups is 1. The molecule has 0 spiro atoms. The van der Waals surface area contributed by atoms with Crippen molar-refractivity contribution in [1.29, 1.82) is 5.26 Å². The van der Waals surface area contributed by atoms with Gasteiger partial charge >= 0.3 is 11.8 Å². The fourth-order valence-electron chi connectivity index (χ4n) is 1.58. The standard InChI is InChI=1S/C14H17N3O3S/c1-14(20,9-21-2)8-16-12(18)13(19)17-11-6-4-3-5-10(11)7-15/h3-6,20H,8-9H2,1-2H3,(H,16,18)(H,17,19)/t14-/m0/s1. The maximum Gasteiger partial charge on any atom is 0.313 e. The third-order valence-corrected chi connectivity index (χ3v) is 3.50. The molecule has 0 aliphatic heterocycles. The molecule has 1 aromatic rings. The minimum Gasteiger partial charge on any atom is -0.387 e. The molecular weight excluding hydrogens is 290 g/mol. The first kappa shape index (κ1) is 17.0. The van der Waals surface area contributed by atoms with Crippen LogP contribution in [-0.2, 0) is 9.59 Å². The van der Waals surface area contributed by atoms with Crippen molar-refractivity contribution in [2.24, 2.45) is 0 Å². The molecule has 6 nitrogen and oxygen atoms in total. The number of carbonyl (C=O) groups is 2. The number of nitrogens with one attached hydrogen (secondary N) is 2. The zero-order valence-corrected chi connectivity index (χ0v) is 12.7. The van der Waals surface area contributed by atoms with E-state index in [2.05, 4.69) is 10.6 Å². The van der Waals surface area contributed by atoms with Gasteiger partial charge in [-0.1, -0.05) is 12.1 Å². The summed E-state index contributed by atoms with van der Waals surface area (Å²) in [5, 5.41) is 23.5. The molecular formula is C14H17N3O3S. The highest BCUT2D eigenvalue weighted by Gasteiger charge is 2.23. The molecule has 112 valence electrons. The van der Waals surface area contributed by atoms with Gasteiger partial charge in [0.05, 0.1) is 16.9 Å². The van der Waals surface area contributed by atoms with E-state index in [9.17, 15) is 14.7 Å². The molecule has 2 amide bonds. The maximum absolute atomic E-state index is 11.7. The van der Waals surface area contributed by atoms with E-state index in [0.29, 0.717) is 5.75 Å². The van der Waals surface area contributed by atoms with Crippen LogP contribution in [0.5, 0.6) is 0 Å². The summed E-state index contributed by atoms with van der Waals surface area (Å²) in [5.74, 6) is -1.30. The van der Waals surface area contributed by atoms with Crippen molar-refractivity contribution >= 4 is 29.3 Å². The second kappa shape index (κ2) is 7.67. The number of anilines is 1. The number of para-hydroxylation sites is 1. The summed E-state index contributed by atoms with van der Waals surface area (Å²) in [4.78, 5) is 23.4. The topological polar surface area (TPSA) is 102 Å². The molecule has 1 rings (SSSR count). The van der Waals surface area contributed by atoms with Crippen molar-refractivity contribution in [1.82, 2.24) is 5.32 Å². The van der Waals surface area contributed by atoms with Gasteiger partial charge in [0.1, 0.15) is 6.07 Å². The highest BCUT2D eigenvalue weighted by molar-refractivity contribution is 7.98. The van der Waals surface area contributed by atoms with Gasteiger partial charge in [-0.3, -0.25) is 9.59 Å². The van der Waals surface area contributed by atoms with Crippen molar-refractivity contribution in [2.45, 2.75) is 12.5 Å². The fraction of sp³-hybridized carbons (Fsp3) is 0.357. The Morgan fingerprint density at radius 3 is 2.67 bits per heavy atom. The Morgan fingerprint density at radius 1 is 1.38 bits per heavy atom. The van der Waals surface area contributed by atoms with Crippen LogP contribution in [0, 0.1) is 11.3 Å². The van der Waals surface area contributed by atoms with Crippen LogP contribution in [0.1, 0.15) is 12.5 Å². The lowest BCUT2D eigenvalue weighted by molar-refractivity contribution is -0.136. The molecule has 0 saturated heterocycles. The number of hydrogen-bond acceptors (Lipinski definition) is 5. The van der Waals surface area contributed by atoms with Gasteiger partial charge in [-0.15, -0.1) is 0 Å². The van der Waals surface area contributed by atoms with Crippen LogP contribution in [0.3, 0.4) is 0 Å². The average molecular weight is 307 g/mol. The van der Waals surface area contributed by atoms with E-state index in [1.54, 1.807) is 19.1 Å². The normalized spacial score (nSPS) is 12.9. The largest absolute Gasteiger partial charge is 0.387 e. The van der Waals surface area contributed by atoms with Gasteiger partial charge < -0.3 is 15.7 Å². The number of thioether (sulfide) groups is 1. The summed E-state index contributed by atoms with van der Waals surface area (Å²) < 4.78 is 0. The number of hydrogen-bond donors (Lipinski definition) is 3. The molecule has 1 aromatic carbocycles. The first-order valence-corrected chi connectivity index (χ1v) is 7.58. The monoisotopic (exact) mass is 307 g/mol. The van der Waals surface area contributed by atoms with Crippen molar-refractivity contribution in [3.63, 3.8) is 0 Å². The molecule has 0 unspecified atom stereocenters. The van der Waals surface area contributed by atoms with E-state index in [1.165, 1.54) is 23.9 Å². The maximum atomic E-state index is 11.7. The molecule has 3 N–H and O–H groups in total. The van der Waals surface area contributed by atoms with E-state index >= 15 is 0 Å². The molecule has 0 aliphatic carbocycles. The Morgan fingerprint density at radius 2 is 2.05 bits per heavy atom. The lowest BCUT2D eigenvalue weighted by Gasteiger charge is -2.22. The SMILES string of the molecule is CSC[C@@](C)(O)CNC(=O)C(=O)Nc1ccccc1C#N. The third kappa shape index (κ3) is 5.45. The molecule has 7 heteroatoms. The van der Waals surface area contributed by atoms with Gasteiger partial charge in [0.2, 0.25) is 0 Å². The lowest BCUT2D eigenvalue weighted by Crippen LogP contribution is -2.45. The molecule has 0 aliphatic rings. The molecule has 0 bridgehead atoms. The number of benzene rings is 1. The van der Waals surface area contributed by atoms with E-state index in [1.807, 2.05) is 12.3 Å². The minimum atomic E-state index is -1.08. The molecule has 21 heavy (non-hydrogen) atoms. The van der Waals surface area contributed by atoms with Gasteiger partial charge in [0, 0.05) is 12.3 Å². The van der Waals surface area contributed by atoms with Gasteiger partial charge in [-0.25, -0.2) is 0 Å². The predicted molar refractivity (Wildman–Crippen MR) is 81.8 cm³/mol. The first-order valence-electron chi connectivity index (χ1n) is 6.19. The smallest absolute Gasteiger partial charge is 0.313 e. The number of nitriles is 1. The van der Waals surface area contributed by atoms with Crippen LogP contribution in [-0.4, -0.2) is 41.1 Å². The van der Waals surface area contributed by atoms with Crippen molar-refractivity contribution < 1.29 is 14.7 Å². The van der Waals surface area contributed by atoms with E-state index < -0.39 is 17.4 Å². The molecule has 0 aromatic heterocycles. The average Bonchev–Trinajstić information content (AvgIpc) is 2.45. The van der Waals surface area contributed by atoms with Gasteiger partial charge in [-0.2, -0.15) is 17.0 Å². The highest BCUT2D eigenvalue weighted by Crippen LogP contribution is 2.13. The Balaban J connectivity index is 2.60. The number of nitrogens with zero attached hydrogens (tertiary/aromatic N) is 1. The van der Waals surface area contributed by atoms with Crippen LogP contribution in [0.4, 0.5) is 5.69 Å². The summed E-state index contributed by atoms with van der Waals surface area (Å²) in [6.45, 7) is 1.55. The van der Waals surface area contributed by atoms with Crippen molar-refractivity contribution in [2.75, 3.05) is 23.9 Å². The van der Waals surface area contributed by atoms with E-state index in [0.717, 1.165) is 0 Å². The molecule has 0 radical (unpaired) electrons. The van der Waals surface area contributed by atoms with E-state index in [-0.39, 0.29) is 17.8 Å². The Labute approximate surface area is 127 Å². The van der Waals surface area contributed by atoms with Crippen molar-refractivity contribution in [3.8, 4) is 6.07 Å². The van der Waals surface area contributed by atoms with Gasteiger partial charge in [0.25, 0.3) is 0 Å². The lowest BCUT2D eigenvalue weighted by atomic mass is 10.1. The number of carbonyl (C=O) groups excluding carboxylic acids is 2. The summed E-state index contributed by atoms with van der Waals surface area (Å²) in [6.07, 6.45) is 1.84. The highest BCUT2D eigenvalue weighted by atomic mass is 32.2. The van der Waals surface area contributed by atoms with Crippen molar-refractivity contribution in [3.05, 3.63) is 29.8 Å². The first-order chi connectivity index (χ1) is 9.89. The summed E-state index contributed by atoms with van der Waals surface area (Å²) in [5.41, 5.74) is -0.538. The Hall–Kier alpha value is -2.04. The third-order valence-electron chi connectivity index (χ3n) is 2.59.